The van der Waals surface area contributed by atoms with Crippen LogP contribution in [0.5, 0.6) is 0 Å². The van der Waals surface area contributed by atoms with Gasteiger partial charge in [0.25, 0.3) is 0 Å². The number of carbonyl (C=O) groups excluding carboxylic acids is 1. The van der Waals surface area contributed by atoms with Gasteiger partial charge < -0.3 is 15.7 Å². The van der Waals surface area contributed by atoms with E-state index in [1.54, 1.807) is 17.1 Å². The maximum Gasteiger partial charge on any atom is 0.319 e. The minimum Gasteiger partial charge on any atom is -0.387 e. The molecule has 6 heteroatoms. The van der Waals surface area contributed by atoms with E-state index in [9.17, 15) is 9.90 Å². The van der Waals surface area contributed by atoms with Crippen molar-refractivity contribution in [2.45, 2.75) is 39.3 Å². The van der Waals surface area contributed by atoms with Gasteiger partial charge in [0.1, 0.15) is 0 Å². The first kappa shape index (κ1) is 17.0. The molecule has 0 aliphatic carbocycles. The Morgan fingerprint density at radius 2 is 1.96 bits per heavy atom. The van der Waals surface area contributed by atoms with Crippen LogP contribution in [0, 0.1) is 6.92 Å². The minimum atomic E-state index is -0.737. The molecule has 0 saturated heterocycles. The topological polar surface area (TPSA) is 79.2 Å². The Labute approximate surface area is 136 Å². The van der Waals surface area contributed by atoms with Crippen LogP contribution in [0.2, 0.25) is 0 Å². The number of aliphatic hydroxyl groups excluding tert-OH is 1. The molecule has 0 fully saturated rings. The highest BCUT2D eigenvalue weighted by molar-refractivity contribution is 5.88. The molecule has 0 radical (unpaired) electrons. The van der Waals surface area contributed by atoms with Gasteiger partial charge in [-0.1, -0.05) is 29.8 Å². The molecule has 0 spiro atoms. The van der Waals surface area contributed by atoms with Crippen molar-refractivity contribution in [1.29, 1.82) is 0 Å². The average Bonchev–Trinajstić information content (AvgIpc) is 2.94. The molecule has 1 heterocycles. The number of nitrogens with one attached hydrogen (secondary N) is 2. The third-order valence-electron chi connectivity index (χ3n) is 3.45. The summed E-state index contributed by atoms with van der Waals surface area (Å²) >= 11 is 0. The van der Waals surface area contributed by atoms with Crippen LogP contribution in [-0.2, 0) is 5.54 Å². The maximum absolute atomic E-state index is 11.9. The van der Waals surface area contributed by atoms with Crippen molar-refractivity contribution in [2.75, 3.05) is 11.9 Å². The fourth-order valence-electron chi connectivity index (χ4n) is 2.03. The molecule has 2 rings (SSSR count). The molecule has 0 aliphatic rings. The van der Waals surface area contributed by atoms with Gasteiger partial charge in [0, 0.05) is 12.7 Å². The number of amides is 2. The van der Waals surface area contributed by atoms with E-state index in [-0.39, 0.29) is 18.1 Å². The van der Waals surface area contributed by atoms with E-state index in [0.717, 1.165) is 11.1 Å². The lowest BCUT2D eigenvalue weighted by molar-refractivity contribution is 0.175. The number of benzene rings is 1. The molecule has 1 aromatic heterocycles. The van der Waals surface area contributed by atoms with Crippen molar-refractivity contribution in [3.8, 4) is 0 Å². The summed E-state index contributed by atoms with van der Waals surface area (Å²) in [5, 5.41) is 19.7. The van der Waals surface area contributed by atoms with Crippen LogP contribution in [0.25, 0.3) is 0 Å². The summed E-state index contributed by atoms with van der Waals surface area (Å²) in [4.78, 5) is 11.9. The molecule has 1 aromatic carbocycles. The van der Waals surface area contributed by atoms with Gasteiger partial charge in [0.05, 0.1) is 23.5 Å². The second kappa shape index (κ2) is 6.83. The van der Waals surface area contributed by atoms with Crippen LogP contribution in [0.1, 0.15) is 38.0 Å². The fraction of sp³-hybridized carbons (Fsp3) is 0.412. The van der Waals surface area contributed by atoms with E-state index in [1.807, 2.05) is 52.0 Å². The second-order valence-electron chi connectivity index (χ2n) is 6.61. The quantitative estimate of drug-likeness (QED) is 0.811. The summed E-state index contributed by atoms with van der Waals surface area (Å²) in [6, 6.07) is 7.20. The van der Waals surface area contributed by atoms with Crippen LogP contribution in [0.15, 0.2) is 36.7 Å². The number of aromatic nitrogens is 2. The molecular weight excluding hydrogens is 292 g/mol. The number of hydrogen-bond acceptors (Lipinski definition) is 3. The number of aliphatic hydroxyl groups is 1. The second-order valence-corrected chi connectivity index (χ2v) is 6.61. The molecule has 1 atom stereocenters. The van der Waals surface area contributed by atoms with Gasteiger partial charge in [-0.2, -0.15) is 5.10 Å². The Bertz CT molecular complexity index is 656. The van der Waals surface area contributed by atoms with Gasteiger partial charge >= 0.3 is 6.03 Å². The zero-order valence-corrected chi connectivity index (χ0v) is 14.0. The van der Waals surface area contributed by atoms with Crippen LogP contribution < -0.4 is 10.6 Å². The Hall–Kier alpha value is -2.34. The molecule has 0 aliphatic heterocycles. The van der Waals surface area contributed by atoms with E-state index >= 15 is 0 Å². The Morgan fingerprint density at radius 1 is 1.30 bits per heavy atom. The standard InChI is InChI=1S/C17H24N4O2/c1-12-5-7-13(8-6-12)15(22)10-18-16(23)20-14-9-19-21(11-14)17(2,3)4/h5-9,11,15,22H,10H2,1-4H3,(H2,18,20,23). The molecule has 124 valence electrons. The van der Waals surface area contributed by atoms with Crippen LogP contribution in [-0.4, -0.2) is 27.5 Å². The highest BCUT2D eigenvalue weighted by Gasteiger charge is 2.15. The Morgan fingerprint density at radius 3 is 2.52 bits per heavy atom. The molecule has 23 heavy (non-hydrogen) atoms. The minimum absolute atomic E-state index is 0.141. The molecule has 2 amide bonds. The SMILES string of the molecule is Cc1ccc(C(O)CNC(=O)Nc2cnn(C(C)(C)C)c2)cc1. The van der Waals surface area contributed by atoms with Crippen LogP contribution in [0.4, 0.5) is 10.5 Å². The summed E-state index contributed by atoms with van der Waals surface area (Å²) in [5.74, 6) is 0. The molecular formula is C17H24N4O2. The number of carbonyl (C=O) groups is 1. The van der Waals surface area contributed by atoms with Crippen molar-refractivity contribution in [3.63, 3.8) is 0 Å². The van der Waals surface area contributed by atoms with Crippen molar-refractivity contribution in [3.05, 3.63) is 47.8 Å². The molecule has 1 unspecified atom stereocenters. The zero-order valence-electron chi connectivity index (χ0n) is 14.0. The van der Waals surface area contributed by atoms with Gasteiger partial charge in [-0.25, -0.2) is 4.79 Å². The lowest BCUT2D eigenvalue weighted by Gasteiger charge is -2.18. The fourth-order valence-corrected chi connectivity index (χ4v) is 2.03. The van der Waals surface area contributed by atoms with Crippen molar-refractivity contribution in [2.24, 2.45) is 0 Å². The van der Waals surface area contributed by atoms with Gasteiger partial charge in [0.15, 0.2) is 0 Å². The molecule has 3 N–H and O–H groups in total. The number of nitrogens with zero attached hydrogens (tertiary/aromatic N) is 2. The number of urea groups is 1. The predicted molar refractivity (Wildman–Crippen MR) is 90.4 cm³/mol. The summed E-state index contributed by atoms with van der Waals surface area (Å²) in [7, 11) is 0. The third-order valence-corrected chi connectivity index (χ3v) is 3.45. The molecule has 0 saturated carbocycles. The predicted octanol–water partition coefficient (Wildman–Crippen LogP) is 2.80. The smallest absolute Gasteiger partial charge is 0.319 e. The number of aryl methyl sites for hydroxylation is 1. The lowest BCUT2D eigenvalue weighted by atomic mass is 10.1. The van der Waals surface area contributed by atoms with E-state index in [1.165, 1.54) is 0 Å². The van der Waals surface area contributed by atoms with Gasteiger partial charge in [-0.15, -0.1) is 0 Å². The van der Waals surface area contributed by atoms with E-state index in [2.05, 4.69) is 15.7 Å². The van der Waals surface area contributed by atoms with Crippen LogP contribution >= 0.6 is 0 Å². The summed E-state index contributed by atoms with van der Waals surface area (Å²) in [5.41, 5.74) is 2.37. The Balaban J connectivity index is 1.85. The molecule has 6 nitrogen and oxygen atoms in total. The first-order valence-corrected chi connectivity index (χ1v) is 7.60. The maximum atomic E-state index is 11.9. The lowest BCUT2D eigenvalue weighted by Crippen LogP contribution is -2.32. The van der Waals surface area contributed by atoms with E-state index in [0.29, 0.717) is 5.69 Å². The van der Waals surface area contributed by atoms with E-state index < -0.39 is 6.10 Å². The van der Waals surface area contributed by atoms with Gasteiger partial charge in [0.2, 0.25) is 0 Å². The zero-order chi connectivity index (χ0) is 17.0. The highest BCUT2D eigenvalue weighted by atomic mass is 16.3. The highest BCUT2D eigenvalue weighted by Crippen LogP contribution is 2.16. The normalized spacial score (nSPS) is 12.7. The third kappa shape index (κ3) is 4.82. The Kier molecular flexibility index (Phi) is 5.05. The number of hydrogen-bond donors (Lipinski definition) is 3. The number of rotatable bonds is 4. The van der Waals surface area contributed by atoms with Crippen molar-refractivity contribution in [1.82, 2.24) is 15.1 Å². The first-order valence-electron chi connectivity index (χ1n) is 7.60. The number of anilines is 1. The van der Waals surface area contributed by atoms with Crippen molar-refractivity contribution >= 4 is 11.7 Å². The average molecular weight is 316 g/mol. The van der Waals surface area contributed by atoms with E-state index in [4.69, 9.17) is 0 Å². The van der Waals surface area contributed by atoms with Crippen molar-refractivity contribution < 1.29 is 9.90 Å². The summed E-state index contributed by atoms with van der Waals surface area (Å²) in [6.07, 6.45) is 2.63. The largest absolute Gasteiger partial charge is 0.387 e. The van der Waals surface area contributed by atoms with Gasteiger partial charge in [-0.05, 0) is 33.3 Å². The molecule has 2 aromatic rings. The summed E-state index contributed by atoms with van der Waals surface area (Å²) < 4.78 is 1.78. The monoisotopic (exact) mass is 316 g/mol. The summed E-state index contributed by atoms with van der Waals surface area (Å²) in [6.45, 7) is 8.22. The first-order chi connectivity index (χ1) is 10.8. The van der Waals surface area contributed by atoms with Crippen LogP contribution in [0.3, 0.4) is 0 Å². The van der Waals surface area contributed by atoms with Gasteiger partial charge in [-0.3, -0.25) is 4.68 Å². The molecule has 0 bridgehead atoms.